The number of benzene rings is 1. The van der Waals surface area contributed by atoms with E-state index in [2.05, 4.69) is 5.32 Å². The molecule has 2 N–H and O–H groups in total. The van der Waals surface area contributed by atoms with Gasteiger partial charge in [-0.05, 0) is 30.9 Å². The summed E-state index contributed by atoms with van der Waals surface area (Å²) in [7, 11) is -0.187. The molecule has 0 spiro atoms. The van der Waals surface area contributed by atoms with Crippen molar-refractivity contribution in [1.29, 1.82) is 0 Å². The third-order valence-electron chi connectivity index (χ3n) is 3.57. The van der Waals surface area contributed by atoms with Crippen molar-refractivity contribution < 1.29 is 13.5 Å². The lowest BCUT2D eigenvalue weighted by Gasteiger charge is -2.34. The second-order valence-corrected chi connectivity index (χ2v) is 7.04. The van der Waals surface area contributed by atoms with Gasteiger partial charge in [0, 0.05) is 20.6 Å². The minimum atomic E-state index is -3.48. The van der Waals surface area contributed by atoms with E-state index in [1.54, 1.807) is 38.4 Å². The minimum absolute atomic E-state index is 0.259. The summed E-state index contributed by atoms with van der Waals surface area (Å²) in [5, 5.41) is 12.2. The van der Waals surface area contributed by atoms with Crippen LogP contribution in [0.2, 0.25) is 0 Å². The fraction of sp³-hybridized carbons (Fsp3) is 0.538. The van der Waals surface area contributed by atoms with Crippen LogP contribution in [0.15, 0.2) is 29.2 Å². The lowest BCUT2D eigenvalue weighted by atomic mass is 9.82. The monoisotopic (exact) mass is 284 g/mol. The number of hydrogen-bond acceptors (Lipinski definition) is 4. The summed E-state index contributed by atoms with van der Waals surface area (Å²) >= 11 is 0. The second-order valence-electron chi connectivity index (χ2n) is 5.02. The first-order valence-electron chi connectivity index (χ1n) is 6.36. The van der Waals surface area contributed by atoms with Gasteiger partial charge in [-0.15, -0.1) is 0 Å². The Balaban J connectivity index is 2.16. The van der Waals surface area contributed by atoms with Crippen molar-refractivity contribution in [1.82, 2.24) is 4.31 Å². The standard InChI is InChI=1S/C13H20N2O3S/c1-14-12-5-3-4-6-13(12)19(17,18)15(2)9-10-7-11(16)8-10/h3-6,10-11,14,16H,7-9H2,1-2H3. The maximum atomic E-state index is 12.5. The van der Waals surface area contributed by atoms with Crippen molar-refractivity contribution in [2.75, 3.05) is 26.0 Å². The van der Waals surface area contributed by atoms with Gasteiger partial charge < -0.3 is 10.4 Å². The molecule has 6 heteroatoms. The molecule has 0 saturated heterocycles. The fourth-order valence-corrected chi connectivity index (χ4v) is 3.82. The SMILES string of the molecule is CNc1ccccc1S(=O)(=O)N(C)CC1CC(O)C1. The van der Waals surface area contributed by atoms with Gasteiger partial charge in [-0.2, -0.15) is 0 Å². The number of para-hydroxylation sites is 1. The number of nitrogens with zero attached hydrogens (tertiary/aromatic N) is 1. The molecule has 5 nitrogen and oxygen atoms in total. The van der Waals surface area contributed by atoms with Crippen molar-refractivity contribution in [3.05, 3.63) is 24.3 Å². The van der Waals surface area contributed by atoms with E-state index in [1.807, 2.05) is 0 Å². The lowest BCUT2D eigenvalue weighted by molar-refractivity contribution is 0.0367. The summed E-state index contributed by atoms with van der Waals surface area (Å²) in [5.74, 6) is 0.261. The largest absolute Gasteiger partial charge is 0.393 e. The molecule has 19 heavy (non-hydrogen) atoms. The molecule has 1 saturated carbocycles. The summed E-state index contributed by atoms with van der Waals surface area (Å²) in [6.45, 7) is 0.456. The van der Waals surface area contributed by atoms with Gasteiger partial charge in [0.25, 0.3) is 0 Å². The van der Waals surface area contributed by atoms with E-state index in [1.165, 1.54) is 4.31 Å². The predicted octanol–water partition coefficient (Wildman–Crippen LogP) is 1.12. The number of sulfonamides is 1. The van der Waals surface area contributed by atoms with Crippen LogP contribution in [-0.4, -0.2) is 44.6 Å². The maximum Gasteiger partial charge on any atom is 0.244 e. The van der Waals surface area contributed by atoms with Gasteiger partial charge >= 0.3 is 0 Å². The molecular weight excluding hydrogens is 264 g/mol. The first-order valence-corrected chi connectivity index (χ1v) is 7.80. The van der Waals surface area contributed by atoms with Gasteiger partial charge in [0.15, 0.2) is 0 Å². The van der Waals surface area contributed by atoms with E-state index in [-0.39, 0.29) is 12.0 Å². The van der Waals surface area contributed by atoms with Crippen LogP contribution in [0.25, 0.3) is 0 Å². The van der Waals surface area contributed by atoms with Gasteiger partial charge in [-0.25, -0.2) is 12.7 Å². The van der Waals surface area contributed by atoms with Crippen LogP contribution in [0.3, 0.4) is 0 Å². The number of aliphatic hydroxyl groups is 1. The number of hydrogen-bond donors (Lipinski definition) is 2. The highest BCUT2D eigenvalue weighted by Gasteiger charge is 2.32. The summed E-state index contributed by atoms with van der Waals surface area (Å²) in [4.78, 5) is 0.292. The van der Waals surface area contributed by atoms with Gasteiger partial charge in [-0.3, -0.25) is 0 Å². The Morgan fingerprint density at radius 3 is 2.58 bits per heavy atom. The number of rotatable bonds is 5. The Kier molecular flexibility index (Phi) is 4.13. The molecule has 0 radical (unpaired) electrons. The van der Waals surface area contributed by atoms with E-state index in [0.29, 0.717) is 30.0 Å². The zero-order valence-electron chi connectivity index (χ0n) is 11.2. The van der Waals surface area contributed by atoms with Gasteiger partial charge in [0.2, 0.25) is 10.0 Å². The second kappa shape index (κ2) is 5.48. The third-order valence-corrected chi connectivity index (χ3v) is 5.45. The molecule has 106 valence electrons. The molecule has 1 aromatic carbocycles. The van der Waals surface area contributed by atoms with Crippen molar-refractivity contribution in [3.8, 4) is 0 Å². The molecule has 0 aliphatic heterocycles. The van der Waals surface area contributed by atoms with Crippen LogP contribution in [-0.2, 0) is 10.0 Å². The maximum absolute atomic E-state index is 12.5. The highest BCUT2D eigenvalue weighted by atomic mass is 32.2. The zero-order chi connectivity index (χ0) is 14.0. The summed E-state index contributed by atoms with van der Waals surface area (Å²) in [6.07, 6.45) is 1.12. The van der Waals surface area contributed by atoms with E-state index < -0.39 is 10.0 Å². The molecule has 0 bridgehead atoms. The summed E-state index contributed by atoms with van der Waals surface area (Å²) < 4.78 is 26.4. The fourth-order valence-electron chi connectivity index (χ4n) is 2.38. The normalized spacial score (nSPS) is 23.2. The van der Waals surface area contributed by atoms with Crippen LogP contribution in [0, 0.1) is 5.92 Å². The number of anilines is 1. The molecule has 0 amide bonds. The van der Waals surface area contributed by atoms with E-state index in [4.69, 9.17) is 0 Å². The van der Waals surface area contributed by atoms with Crippen molar-refractivity contribution in [2.45, 2.75) is 23.8 Å². The highest BCUT2D eigenvalue weighted by Crippen LogP contribution is 2.30. The lowest BCUT2D eigenvalue weighted by Crippen LogP contribution is -2.39. The Morgan fingerprint density at radius 2 is 2.00 bits per heavy atom. The van der Waals surface area contributed by atoms with E-state index in [9.17, 15) is 13.5 Å². The average molecular weight is 284 g/mol. The first-order chi connectivity index (χ1) is 8.95. The molecule has 1 aromatic rings. The predicted molar refractivity (Wildman–Crippen MR) is 74.5 cm³/mol. The highest BCUT2D eigenvalue weighted by molar-refractivity contribution is 7.89. The van der Waals surface area contributed by atoms with Crippen LogP contribution < -0.4 is 5.32 Å². The Bertz CT molecular complexity index is 539. The van der Waals surface area contributed by atoms with Gasteiger partial charge in [0.1, 0.15) is 4.90 Å². The van der Waals surface area contributed by atoms with E-state index >= 15 is 0 Å². The van der Waals surface area contributed by atoms with Crippen LogP contribution in [0.1, 0.15) is 12.8 Å². The molecule has 0 aromatic heterocycles. The Morgan fingerprint density at radius 1 is 1.37 bits per heavy atom. The van der Waals surface area contributed by atoms with Crippen molar-refractivity contribution >= 4 is 15.7 Å². The summed E-state index contributed by atoms with van der Waals surface area (Å²) in [6, 6.07) is 6.86. The van der Waals surface area contributed by atoms with E-state index in [0.717, 1.165) is 0 Å². The number of nitrogens with one attached hydrogen (secondary N) is 1. The quantitative estimate of drug-likeness (QED) is 0.850. The molecule has 1 aliphatic carbocycles. The topological polar surface area (TPSA) is 69.6 Å². The number of aliphatic hydroxyl groups excluding tert-OH is 1. The van der Waals surface area contributed by atoms with Crippen molar-refractivity contribution in [2.24, 2.45) is 5.92 Å². The van der Waals surface area contributed by atoms with Gasteiger partial charge in [0.05, 0.1) is 11.8 Å². The first kappa shape index (κ1) is 14.3. The van der Waals surface area contributed by atoms with Gasteiger partial charge in [-0.1, -0.05) is 12.1 Å². The van der Waals surface area contributed by atoms with Crippen molar-refractivity contribution in [3.63, 3.8) is 0 Å². The molecule has 1 fully saturated rings. The molecular formula is C13H20N2O3S. The average Bonchev–Trinajstić information content (AvgIpc) is 2.36. The Labute approximate surface area is 114 Å². The summed E-state index contributed by atoms with van der Waals surface area (Å²) in [5.41, 5.74) is 0.600. The molecule has 0 atom stereocenters. The zero-order valence-corrected chi connectivity index (χ0v) is 12.0. The van der Waals surface area contributed by atoms with Crippen LogP contribution in [0.4, 0.5) is 5.69 Å². The molecule has 0 heterocycles. The van der Waals surface area contributed by atoms with Crippen LogP contribution >= 0.6 is 0 Å². The molecule has 1 aliphatic rings. The molecule has 2 rings (SSSR count). The molecule has 0 unspecified atom stereocenters. The smallest absolute Gasteiger partial charge is 0.244 e. The van der Waals surface area contributed by atoms with Crippen LogP contribution in [0.5, 0.6) is 0 Å². The third kappa shape index (κ3) is 2.91. The Hall–Kier alpha value is -1.11. The minimum Gasteiger partial charge on any atom is -0.393 e.